The number of thioether (sulfide) groups is 1. The summed E-state index contributed by atoms with van der Waals surface area (Å²) in [6, 6.07) is 22.4. The maximum atomic E-state index is 13.1. The maximum absolute atomic E-state index is 13.1. The van der Waals surface area contributed by atoms with Gasteiger partial charge in [0.15, 0.2) is 5.58 Å². The maximum Gasteiger partial charge on any atom is 0.345 e. The van der Waals surface area contributed by atoms with Crippen molar-refractivity contribution in [3.63, 3.8) is 0 Å². The molecular formula is C26H20Br2N2O2S. The number of para-hydroxylation sites is 1. The van der Waals surface area contributed by atoms with E-state index in [4.69, 9.17) is 9.41 Å². The van der Waals surface area contributed by atoms with Crippen LogP contribution in [0.4, 0.5) is 11.4 Å². The minimum Gasteiger partial charge on any atom is -0.421 e. The molecule has 4 nitrogen and oxygen atoms in total. The van der Waals surface area contributed by atoms with Crippen molar-refractivity contribution in [1.29, 1.82) is 0 Å². The highest BCUT2D eigenvalue weighted by molar-refractivity contribution is 9.11. The van der Waals surface area contributed by atoms with Gasteiger partial charge in [0.25, 0.3) is 0 Å². The van der Waals surface area contributed by atoms with Gasteiger partial charge < -0.3 is 9.32 Å². The van der Waals surface area contributed by atoms with E-state index in [1.807, 2.05) is 50.5 Å². The topological polar surface area (TPSA) is 45.8 Å². The average Bonchev–Trinajstić information content (AvgIpc) is 2.99. The van der Waals surface area contributed by atoms with Crippen molar-refractivity contribution in [3.05, 3.63) is 97.2 Å². The molecule has 2 heterocycles. The number of anilines is 1. The first kappa shape index (κ1) is 22.4. The average molecular weight is 584 g/mol. The third-order valence-corrected chi connectivity index (χ3v) is 7.98. The number of halogens is 2. The van der Waals surface area contributed by atoms with E-state index in [-0.39, 0.29) is 10.9 Å². The Morgan fingerprint density at radius 1 is 1.03 bits per heavy atom. The van der Waals surface area contributed by atoms with Crippen LogP contribution in [0.15, 0.2) is 94.8 Å². The SMILES string of the molecule is CN(C)c1ccc(C2CC(c3cc4cc(Br)cc(Br)c4oc3=O)=Nc3ccccc3S2)cc1. The second kappa shape index (κ2) is 9.12. The summed E-state index contributed by atoms with van der Waals surface area (Å²) in [6.45, 7) is 0. The van der Waals surface area contributed by atoms with Crippen LogP contribution in [0, 0.1) is 0 Å². The first-order valence-electron chi connectivity index (χ1n) is 10.4. The van der Waals surface area contributed by atoms with Gasteiger partial charge in [-0.15, -0.1) is 11.8 Å². The van der Waals surface area contributed by atoms with E-state index in [1.165, 1.54) is 5.56 Å². The van der Waals surface area contributed by atoms with E-state index in [0.717, 1.165) is 36.3 Å². The molecule has 3 aromatic carbocycles. The zero-order chi connectivity index (χ0) is 23.1. The Bertz CT molecular complexity index is 1450. The Balaban J connectivity index is 1.64. The predicted octanol–water partition coefficient (Wildman–Crippen LogP) is 7.74. The lowest BCUT2D eigenvalue weighted by Gasteiger charge is -2.18. The Morgan fingerprint density at radius 2 is 1.79 bits per heavy atom. The summed E-state index contributed by atoms with van der Waals surface area (Å²) < 4.78 is 7.37. The van der Waals surface area contributed by atoms with Crippen LogP contribution < -0.4 is 10.5 Å². The van der Waals surface area contributed by atoms with E-state index in [2.05, 4.69) is 67.1 Å². The normalized spacial score (nSPS) is 15.6. The molecule has 0 aliphatic carbocycles. The van der Waals surface area contributed by atoms with Crippen LogP contribution in [-0.4, -0.2) is 19.8 Å². The second-order valence-corrected chi connectivity index (χ2v) is 11.1. The van der Waals surface area contributed by atoms with Crippen molar-refractivity contribution >= 4 is 71.7 Å². The third-order valence-electron chi connectivity index (χ3n) is 5.61. The lowest BCUT2D eigenvalue weighted by molar-refractivity contribution is 0.557. The van der Waals surface area contributed by atoms with Gasteiger partial charge >= 0.3 is 5.63 Å². The molecule has 1 aromatic heterocycles. The van der Waals surface area contributed by atoms with Crippen LogP contribution in [0.1, 0.15) is 22.8 Å². The summed E-state index contributed by atoms with van der Waals surface area (Å²) in [6.07, 6.45) is 0.617. The lowest BCUT2D eigenvalue weighted by atomic mass is 10.0. The lowest BCUT2D eigenvalue weighted by Crippen LogP contribution is -2.16. The molecule has 0 saturated heterocycles. The number of hydrogen-bond acceptors (Lipinski definition) is 5. The molecule has 1 aliphatic heterocycles. The first-order valence-corrected chi connectivity index (χ1v) is 12.9. The number of hydrogen-bond donors (Lipinski definition) is 0. The van der Waals surface area contributed by atoms with Gasteiger partial charge in [0, 0.05) is 46.2 Å². The van der Waals surface area contributed by atoms with Crippen molar-refractivity contribution in [3.8, 4) is 0 Å². The highest BCUT2D eigenvalue weighted by atomic mass is 79.9. The molecule has 166 valence electrons. The smallest absolute Gasteiger partial charge is 0.345 e. The number of benzene rings is 3. The zero-order valence-corrected chi connectivity index (χ0v) is 22.0. The third kappa shape index (κ3) is 4.54. The first-order chi connectivity index (χ1) is 15.9. The molecule has 1 atom stereocenters. The molecule has 5 rings (SSSR count). The van der Waals surface area contributed by atoms with Crippen molar-refractivity contribution in [1.82, 2.24) is 0 Å². The summed E-state index contributed by atoms with van der Waals surface area (Å²) in [7, 11) is 4.07. The van der Waals surface area contributed by atoms with Crippen LogP contribution >= 0.6 is 43.6 Å². The molecule has 0 N–H and O–H groups in total. The van der Waals surface area contributed by atoms with E-state index in [1.54, 1.807) is 11.8 Å². The zero-order valence-electron chi connectivity index (χ0n) is 18.0. The quantitative estimate of drug-likeness (QED) is 0.231. The molecular weight excluding hydrogens is 564 g/mol. The highest BCUT2D eigenvalue weighted by Crippen LogP contribution is 2.45. The van der Waals surface area contributed by atoms with Crippen LogP contribution in [-0.2, 0) is 0 Å². The van der Waals surface area contributed by atoms with Crippen LogP contribution in [0.25, 0.3) is 11.0 Å². The van der Waals surface area contributed by atoms with Gasteiger partial charge in [-0.3, -0.25) is 4.99 Å². The summed E-state index contributed by atoms with van der Waals surface area (Å²) in [5, 5.41) is 0.957. The monoisotopic (exact) mass is 582 g/mol. The van der Waals surface area contributed by atoms with Gasteiger partial charge in [-0.05, 0) is 64.0 Å². The van der Waals surface area contributed by atoms with Crippen molar-refractivity contribution < 1.29 is 4.42 Å². The Kier molecular flexibility index (Phi) is 6.20. The second-order valence-electron chi connectivity index (χ2n) is 8.08. The Labute approximate surface area is 213 Å². The Hall–Kier alpha value is -2.35. The predicted molar refractivity (Wildman–Crippen MR) is 145 cm³/mol. The van der Waals surface area contributed by atoms with Crippen LogP contribution in [0.3, 0.4) is 0 Å². The molecule has 0 saturated carbocycles. The molecule has 4 aromatic rings. The fourth-order valence-electron chi connectivity index (χ4n) is 3.91. The summed E-state index contributed by atoms with van der Waals surface area (Å²) >= 11 is 8.80. The van der Waals surface area contributed by atoms with Gasteiger partial charge in [0.1, 0.15) is 0 Å². The number of aliphatic imine (C=N–C) groups is 1. The number of fused-ring (bicyclic) bond motifs is 2. The Morgan fingerprint density at radius 3 is 2.55 bits per heavy atom. The van der Waals surface area contributed by atoms with Crippen molar-refractivity contribution in [2.24, 2.45) is 4.99 Å². The van der Waals surface area contributed by atoms with E-state index in [0.29, 0.717) is 17.6 Å². The van der Waals surface area contributed by atoms with Gasteiger partial charge in [-0.25, -0.2) is 4.79 Å². The summed E-state index contributed by atoms with van der Waals surface area (Å²) in [5.74, 6) is 0. The summed E-state index contributed by atoms with van der Waals surface area (Å²) in [5.41, 5.74) is 4.62. The number of rotatable bonds is 3. The van der Waals surface area contributed by atoms with Gasteiger partial charge in [0.2, 0.25) is 0 Å². The fourth-order valence-corrected chi connectivity index (χ4v) is 6.48. The van der Waals surface area contributed by atoms with E-state index in [9.17, 15) is 4.79 Å². The fraction of sp³-hybridized carbons (Fsp3) is 0.154. The molecule has 0 spiro atoms. The molecule has 0 amide bonds. The molecule has 1 unspecified atom stereocenters. The molecule has 0 radical (unpaired) electrons. The molecule has 0 bridgehead atoms. The van der Waals surface area contributed by atoms with Crippen molar-refractivity contribution in [2.75, 3.05) is 19.0 Å². The van der Waals surface area contributed by atoms with Crippen LogP contribution in [0.2, 0.25) is 0 Å². The minimum atomic E-state index is -0.379. The van der Waals surface area contributed by atoms with Crippen molar-refractivity contribution in [2.45, 2.75) is 16.6 Å². The van der Waals surface area contributed by atoms with Gasteiger partial charge in [-0.2, -0.15) is 0 Å². The minimum absolute atomic E-state index is 0.118. The van der Waals surface area contributed by atoms with Gasteiger partial charge in [0.05, 0.1) is 21.4 Å². The van der Waals surface area contributed by atoms with Gasteiger partial charge in [-0.1, -0.05) is 40.2 Å². The van der Waals surface area contributed by atoms with E-state index >= 15 is 0 Å². The van der Waals surface area contributed by atoms with E-state index < -0.39 is 0 Å². The summed E-state index contributed by atoms with van der Waals surface area (Å²) in [4.78, 5) is 21.2. The molecule has 1 aliphatic rings. The standard InChI is InChI=1S/C26H20Br2N2O2S/c1-30(2)18-9-7-15(8-10-18)24-14-22(29-21-5-3-4-6-23(21)33-24)19-12-16-11-17(27)13-20(28)25(16)32-26(19)31/h3-13,24H,14H2,1-2H3. The molecule has 7 heteroatoms. The molecule has 0 fully saturated rings. The number of nitrogens with zero attached hydrogens (tertiary/aromatic N) is 2. The largest absolute Gasteiger partial charge is 0.421 e. The van der Waals surface area contributed by atoms with Crippen LogP contribution in [0.5, 0.6) is 0 Å². The molecule has 33 heavy (non-hydrogen) atoms. The highest BCUT2D eigenvalue weighted by Gasteiger charge is 2.25.